The Hall–Kier alpha value is -0.920. The molecule has 0 amide bonds. The predicted molar refractivity (Wildman–Crippen MR) is 75.2 cm³/mol. The molecule has 0 unspecified atom stereocenters. The summed E-state index contributed by atoms with van der Waals surface area (Å²) in [6.07, 6.45) is 1.66. The zero-order valence-corrected chi connectivity index (χ0v) is 12.5. The molecule has 0 bridgehead atoms. The topological polar surface area (TPSA) is 34.1 Å². The van der Waals surface area contributed by atoms with Gasteiger partial charge in [0.15, 0.2) is 4.47 Å². The second-order valence-electron chi connectivity index (χ2n) is 3.49. The molecule has 2 rings (SSSR count). The van der Waals surface area contributed by atoms with Crippen LogP contribution in [0.5, 0.6) is 5.75 Å². The lowest BCUT2D eigenvalue weighted by molar-refractivity contribution is -0.0498. The van der Waals surface area contributed by atoms with Gasteiger partial charge in [0.05, 0.1) is 6.54 Å². The predicted octanol–water partition coefficient (Wildman–Crippen LogP) is 4.77. The molecule has 102 valence electrons. The van der Waals surface area contributed by atoms with Crippen LogP contribution in [-0.4, -0.2) is 11.6 Å². The first-order chi connectivity index (χ1) is 9.02. The molecule has 0 aliphatic heterocycles. The number of anilines is 1. The number of halogens is 4. The average molecular weight is 370 g/mol. The third-order valence-corrected chi connectivity index (χ3v) is 3.66. The van der Waals surface area contributed by atoms with E-state index in [1.165, 1.54) is 23.5 Å². The maximum absolute atomic E-state index is 12.2. The van der Waals surface area contributed by atoms with E-state index in [9.17, 15) is 8.78 Å². The van der Waals surface area contributed by atoms with Gasteiger partial charge in [-0.25, -0.2) is 4.98 Å². The summed E-state index contributed by atoms with van der Waals surface area (Å²) in [5.74, 6) is 0.0919. The lowest BCUT2D eigenvalue weighted by Crippen LogP contribution is -2.03. The van der Waals surface area contributed by atoms with Crippen molar-refractivity contribution >= 4 is 44.6 Å². The standard InChI is InChI=1S/C11H8BrClF2N2OS/c12-6-1-7(3-8(2-6)18-11(14)15)16-4-9-5-17-10(13)19-9/h1-3,5,11,16H,4H2. The number of nitrogens with one attached hydrogen (secondary N) is 1. The van der Waals surface area contributed by atoms with Gasteiger partial charge in [0.2, 0.25) is 0 Å². The van der Waals surface area contributed by atoms with Gasteiger partial charge in [0.1, 0.15) is 5.75 Å². The van der Waals surface area contributed by atoms with Crippen molar-refractivity contribution in [2.45, 2.75) is 13.2 Å². The molecule has 0 spiro atoms. The van der Waals surface area contributed by atoms with Crippen molar-refractivity contribution in [2.24, 2.45) is 0 Å². The van der Waals surface area contributed by atoms with Crippen molar-refractivity contribution in [2.75, 3.05) is 5.32 Å². The molecule has 2 aromatic rings. The van der Waals surface area contributed by atoms with E-state index in [4.69, 9.17) is 11.6 Å². The van der Waals surface area contributed by atoms with Crippen LogP contribution in [0.2, 0.25) is 4.47 Å². The number of thiazole rings is 1. The summed E-state index contributed by atoms with van der Waals surface area (Å²) in [6, 6.07) is 4.74. The molecular weight excluding hydrogens is 362 g/mol. The van der Waals surface area contributed by atoms with E-state index in [1.54, 1.807) is 12.3 Å². The van der Waals surface area contributed by atoms with Crippen molar-refractivity contribution in [1.29, 1.82) is 0 Å². The second-order valence-corrected chi connectivity index (χ2v) is 6.10. The van der Waals surface area contributed by atoms with Gasteiger partial charge >= 0.3 is 6.61 Å². The zero-order valence-electron chi connectivity index (χ0n) is 9.37. The Morgan fingerprint density at radius 3 is 2.84 bits per heavy atom. The van der Waals surface area contributed by atoms with Crippen LogP contribution in [0.3, 0.4) is 0 Å². The molecule has 0 aliphatic rings. The van der Waals surface area contributed by atoms with E-state index in [2.05, 4.69) is 31.0 Å². The van der Waals surface area contributed by atoms with Crippen molar-refractivity contribution in [3.63, 3.8) is 0 Å². The van der Waals surface area contributed by atoms with Gasteiger partial charge in [-0.2, -0.15) is 8.78 Å². The molecule has 0 radical (unpaired) electrons. The molecule has 1 aromatic heterocycles. The summed E-state index contributed by atoms with van der Waals surface area (Å²) < 4.78 is 29.8. The van der Waals surface area contributed by atoms with Gasteiger partial charge in [-0.1, -0.05) is 27.5 Å². The van der Waals surface area contributed by atoms with Crippen LogP contribution < -0.4 is 10.1 Å². The quantitative estimate of drug-likeness (QED) is 0.824. The minimum atomic E-state index is -2.84. The SMILES string of the molecule is FC(F)Oc1cc(Br)cc(NCc2cnc(Cl)s2)c1. The monoisotopic (exact) mass is 368 g/mol. The largest absolute Gasteiger partial charge is 0.435 e. The van der Waals surface area contributed by atoms with Gasteiger partial charge in [0.25, 0.3) is 0 Å². The van der Waals surface area contributed by atoms with Crippen molar-refractivity contribution in [3.05, 3.63) is 38.2 Å². The van der Waals surface area contributed by atoms with E-state index in [1.807, 2.05) is 0 Å². The molecule has 1 aromatic carbocycles. The second kappa shape index (κ2) is 6.49. The maximum atomic E-state index is 12.2. The highest BCUT2D eigenvalue weighted by molar-refractivity contribution is 9.10. The van der Waals surface area contributed by atoms with E-state index >= 15 is 0 Å². The number of hydrogen-bond acceptors (Lipinski definition) is 4. The molecule has 8 heteroatoms. The molecule has 19 heavy (non-hydrogen) atoms. The number of aromatic nitrogens is 1. The Kier molecular flexibility index (Phi) is 4.95. The first-order valence-corrected chi connectivity index (χ1v) is 7.11. The van der Waals surface area contributed by atoms with E-state index in [0.29, 0.717) is 21.2 Å². The van der Waals surface area contributed by atoms with Crippen molar-refractivity contribution in [3.8, 4) is 5.75 Å². The summed E-state index contributed by atoms with van der Waals surface area (Å²) in [5.41, 5.74) is 0.662. The first-order valence-electron chi connectivity index (χ1n) is 5.12. The number of rotatable bonds is 5. The van der Waals surface area contributed by atoms with Crippen LogP contribution in [0, 0.1) is 0 Å². The van der Waals surface area contributed by atoms with Crippen LogP contribution >= 0.6 is 38.9 Å². The fraction of sp³-hybridized carbons (Fsp3) is 0.182. The molecule has 0 saturated carbocycles. The fourth-order valence-electron chi connectivity index (χ4n) is 1.39. The third-order valence-electron chi connectivity index (χ3n) is 2.09. The summed E-state index contributed by atoms with van der Waals surface area (Å²) in [4.78, 5) is 4.86. The van der Waals surface area contributed by atoms with Crippen molar-refractivity contribution < 1.29 is 13.5 Å². The molecule has 3 nitrogen and oxygen atoms in total. The molecule has 0 fully saturated rings. The van der Waals surface area contributed by atoms with Gasteiger partial charge < -0.3 is 10.1 Å². The Balaban J connectivity index is 2.05. The van der Waals surface area contributed by atoms with Crippen LogP contribution in [-0.2, 0) is 6.54 Å². The van der Waals surface area contributed by atoms with Gasteiger partial charge in [-0.05, 0) is 12.1 Å². The normalized spacial score (nSPS) is 10.8. The highest BCUT2D eigenvalue weighted by atomic mass is 79.9. The van der Waals surface area contributed by atoms with Crippen LogP contribution in [0.15, 0.2) is 28.9 Å². The van der Waals surface area contributed by atoms with Crippen LogP contribution in [0.4, 0.5) is 14.5 Å². The highest BCUT2D eigenvalue weighted by Crippen LogP contribution is 2.27. The van der Waals surface area contributed by atoms with Crippen molar-refractivity contribution in [1.82, 2.24) is 4.98 Å². The summed E-state index contributed by atoms with van der Waals surface area (Å²) in [5, 5.41) is 3.09. The number of hydrogen-bond donors (Lipinski definition) is 1. The zero-order chi connectivity index (χ0) is 13.8. The summed E-state index contributed by atoms with van der Waals surface area (Å²) >= 11 is 10.3. The molecule has 0 aliphatic carbocycles. The number of benzene rings is 1. The molecule has 0 atom stereocenters. The Morgan fingerprint density at radius 1 is 1.42 bits per heavy atom. The average Bonchev–Trinajstić information content (AvgIpc) is 2.71. The summed E-state index contributed by atoms with van der Waals surface area (Å²) in [6.45, 7) is -2.34. The minimum Gasteiger partial charge on any atom is -0.435 e. The van der Waals surface area contributed by atoms with E-state index < -0.39 is 6.61 Å². The number of alkyl halides is 2. The number of nitrogens with zero attached hydrogens (tertiary/aromatic N) is 1. The number of ether oxygens (including phenoxy) is 1. The van der Waals surface area contributed by atoms with Crippen LogP contribution in [0.25, 0.3) is 0 Å². The molecular formula is C11H8BrClF2N2OS. The Labute approximate surface area is 125 Å². The van der Waals surface area contributed by atoms with Gasteiger partial charge in [-0.3, -0.25) is 0 Å². The Morgan fingerprint density at radius 2 is 2.21 bits per heavy atom. The molecule has 1 N–H and O–H groups in total. The lowest BCUT2D eigenvalue weighted by Gasteiger charge is -2.09. The first kappa shape index (κ1) is 14.5. The minimum absolute atomic E-state index is 0.0919. The van der Waals surface area contributed by atoms with E-state index in [0.717, 1.165) is 4.88 Å². The van der Waals surface area contributed by atoms with Gasteiger partial charge in [-0.15, -0.1) is 11.3 Å². The third kappa shape index (κ3) is 4.59. The summed E-state index contributed by atoms with van der Waals surface area (Å²) in [7, 11) is 0. The van der Waals surface area contributed by atoms with E-state index in [-0.39, 0.29) is 5.75 Å². The smallest absolute Gasteiger partial charge is 0.387 e. The fourth-order valence-corrected chi connectivity index (χ4v) is 2.78. The van der Waals surface area contributed by atoms with Crippen LogP contribution in [0.1, 0.15) is 4.88 Å². The van der Waals surface area contributed by atoms with Gasteiger partial charge in [0, 0.05) is 27.3 Å². The lowest BCUT2D eigenvalue weighted by atomic mass is 10.3. The maximum Gasteiger partial charge on any atom is 0.387 e. The Bertz CT molecular complexity index is 567. The molecule has 0 saturated heterocycles. The highest BCUT2D eigenvalue weighted by Gasteiger charge is 2.07. The molecule has 1 heterocycles.